The van der Waals surface area contributed by atoms with Gasteiger partial charge in [0.05, 0.1) is 0 Å². The Balaban J connectivity index is 2.07. The number of hydrogen-bond donors (Lipinski definition) is 0. The van der Waals surface area contributed by atoms with E-state index in [2.05, 4.69) is 11.8 Å². The van der Waals surface area contributed by atoms with Gasteiger partial charge in [-0.15, -0.1) is 0 Å². The zero-order valence-electron chi connectivity index (χ0n) is 10.9. The third kappa shape index (κ3) is 3.05. The fraction of sp³-hybridized carbons (Fsp3) is 0.533. The molecule has 18 heavy (non-hydrogen) atoms. The van der Waals surface area contributed by atoms with Crippen LogP contribution in [0.5, 0.6) is 0 Å². The molecule has 0 amide bonds. The standard InChI is InChI=1S/C15H20ClNO/c1-2-3-12-6-8-17(9-7-12)15-5-4-14(16)10-13(15)11-18/h4-5,10-12H,2-3,6-9H2,1H3. The first-order valence-corrected chi connectivity index (χ1v) is 7.12. The summed E-state index contributed by atoms with van der Waals surface area (Å²) in [5.41, 5.74) is 1.74. The van der Waals surface area contributed by atoms with Gasteiger partial charge in [-0.05, 0) is 37.0 Å². The van der Waals surface area contributed by atoms with Gasteiger partial charge >= 0.3 is 0 Å². The molecule has 2 nitrogen and oxygen atoms in total. The molecule has 1 aliphatic heterocycles. The molecule has 0 radical (unpaired) electrons. The molecule has 3 heteroatoms. The number of nitrogens with zero attached hydrogens (tertiary/aromatic N) is 1. The van der Waals surface area contributed by atoms with E-state index in [1.54, 1.807) is 6.07 Å². The molecule has 2 rings (SSSR count). The Hall–Kier alpha value is -1.02. The van der Waals surface area contributed by atoms with Crippen LogP contribution in [0.4, 0.5) is 5.69 Å². The summed E-state index contributed by atoms with van der Waals surface area (Å²) in [5.74, 6) is 0.859. The monoisotopic (exact) mass is 265 g/mol. The van der Waals surface area contributed by atoms with E-state index in [0.29, 0.717) is 10.6 Å². The number of aldehydes is 1. The third-order valence-electron chi connectivity index (χ3n) is 3.77. The minimum atomic E-state index is 0.627. The molecule has 0 aliphatic carbocycles. The van der Waals surface area contributed by atoms with Gasteiger partial charge in [-0.1, -0.05) is 31.4 Å². The van der Waals surface area contributed by atoms with Gasteiger partial charge in [0, 0.05) is 29.4 Å². The van der Waals surface area contributed by atoms with Crippen molar-refractivity contribution in [2.45, 2.75) is 32.6 Å². The molecule has 0 spiro atoms. The second-order valence-electron chi connectivity index (χ2n) is 5.04. The van der Waals surface area contributed by atoms with Crippen LogP contribution in [-0.2, 0) is 0 Å². The lowest BCUT2D eigenvalue weighted by Gasteiger charge is -2.34. The summed E-state index contributed by atoms with van der Waals surface area (Å²) in [7, 11) is 0. The maximum atomic E-state index is 11.1. The van der Waals surface area contributed by atoms with Crippen LogP contribution in [0.25, 0.3) is 0 Å². The van der Waals surface area contributed by atoms with Gasteiger partial charge in [0.2, 0.25) is 0 Å². The van der Waals surface area contributed by atoms with Crippen molar-refractivity contribution >= 4 is 23.6 Å². The molecule has 98 valence electrons. The summed E-state index contributed by atoms with van der Waals surface area (Å²) in [4.78, 5) is 13.4. The minimum Gasteiger partial charge on any atom is -0.371 e. The summed E-state index contributed by atoms with van der Waals surface area (Å²) in [6.07, 6.45) is 5.96. The van der Waals surface area contributed by atoms with Crippen LogP contribution in [-0.4, -0.2) is 19.4 Å². The van der Waals surface area contributed by atoms with Crippen LogP contribution in [0.3, 0.4) is 0 Å². The van der Waals surface area contributed by atoms with Gasteiger partial charge in [-0.2, -0.15) is 0 Å². The largest absolute Gasteiger partial charge is 0.371 e. The van der Waals surface area contributed by atoms with E-state index in [4.69, 9.17) is 11.6 Å². The van der Waals surface area contributed by atoms with Gasteiger partial charge in [0.25, 0.3) is 0 Å². The van der Waals surface area contributed by atoms with Gasteiger partial charge in [-0.3, -0.25) is 4.79 Å². The summed E-state index contributed by atoms with van der Waals surface area (Å²) < 4.78 is 0. The summed E-state index contributed by atoms with van der Waals surface area (Å²) in [5, 5.41) is 0.627. The lowest BCUT2D eigenvalue weighted by atomic mass is 9.92. The molecule has 1 aromatic rings. The second kappa shape index (κ2) is 6.24. The smallest absolute Gasteiger partial charge is 0.152 e. The number of rotatable bonds is 4. The number of halogens is 1. The van der Waals surface area contributed by atoms with E-state index in [0.717, 1.165) is 31.0 Å². The van der Waals surface area contributed by atoms with Gasteiger partial charge < -0.3 is 4.90 Å². The number of piperidine rings is 1. The molecule has 0 bridgehead atoms. The van der Waals surface area contributed by atoms with Crippen molar-refractivity contribution < 1.29 is 4.79 Å². The van der Waals surface area contributed by atoms with Crippen molar-refractivity contribution in [1.82, 2.24) is 0 Å². The van der Waals surface area contributed by atoms with Crippen molar-refractivity contribution in [2.75, 3.05) is 18.0 Å². The van der Waals surface area contributed by atoms with Crippen LogP contribution in [0, 0.1) is 5.92 Å². The molecule has 0 N–H and O–H groups in total. The van der Waals surface area contributed by atoms with Crippen molar-refractivity contribution in [3.63, 3.8) is 0 Å². The van der Waals surface area contributed by atoms with Crippen LogP contribution in [0.15, 0.2) is 18.2 Å². The number of carbonyl (C=O) groups is 1. The summed E-state index contributed by atoms with van der Waals surface area (Å²) in [6.45, 7) is 4.34. The maximum absolute atomic E-state index is 11.1. The fourth-order valence-corrected chi connectivity index (χ4v) is 2.96. The summed E-state index contributed by atoms with van der Waals surface area (Å²) in [6, 6.07) is 5.58. The highest BCUT2D eigenvalue weighted by molar-refractivity contribution is 6.31. The molecule has 0 unspecified atom stereocenters. The molecular weight excluding hydrogens is 246 g/mol. The third-order valence-corrected chi connectivity index (χ3v) is 4.00. The minimum absolute atomic E-state index is 0.627. The number of anilines is 1. The van der Waals surface area contributed by atoms with E-state index in [-0.39, 0.29) is 0 Å². The Morgan fingerprint density at radius 1 is 1.39 bits per heavy atom. The number of hydrogen-bond acceptors (Lipinski definition) is 2. The normalized spacial score (nSPS) is 16.9. The second-order valence-corrected chi connectivity index (χ2v) is 5.48. The van der Waals surface area contributed by atoms with Crippen molar-refractivity contribution in [3.05, 3.63) is 28.8 Å². The first kappa shape index (κ1) is 13.4. The molecule has 1 aliphatic rings. The fourth-order valence-electron chi connectivity index (χ4n) is 2.78. The van der Waals surface area contributed by atoms with E-state index >= 15 is 0 Å². The molecule has 1 heterocycles. The molecule has 0 aromatic heterocycles. The SMILES string of the molecule is CCCC1CCN(c2ccc(Cl)cc2C=O)CC1. The predicted molar refractivity (Wildman–Crippen MR) is 76.7 cm³/mol. The van der Waals surface area contributed by atoms with Gasteiger partial charge in [0.15, 0.2) is 6.29 Å². The van der Waals surface area contributed by atoms with E-state index < -0.39 is 0 Å². The van der Waals surface area contributed by atoms with Gasteiger partial charge in [-0.25, -0.2) is 0 Å². The van der Waals surface area contributed by atoms with Crippen molar-refractivity contribution in [2.24, 2.45) is 5.92 Å². The topological polar surface area (TPSA) is 20.3 Å². The van der Waals surface area contributed by atoms with E-state index in [1.807, 2.05) is 12.1 Å². The molecule has 1 aromatic carbocycles. The molecule has 0 saturated carbocycles. The van der Waals surface area contributed by atoms with E-state index in [9.17, 15) is 4.79 Å². The van der Waals surface area contributed by atoms with Crippen LogP contribution >= 0.6 is 11.6 Å². The highest BCUT2D eigenvalue weighted by Gasteiger charge is 2.20. The van der Waals surface area contributed by atoms with Crippen LogP contribution in [0.1, 0.15) is 43.0 Å². The Morgan fingerprint density at radius 3 is 2.72 bits per heavy atom. The zero-order valence-corrected chi connectivity index (χ0v) is 11.6. The number of carbonyl (C=O) groups excluding carboxylic acids is 1. The van der Waals surface area contributed by atoms with Crippen LogP contribution < -0.4 is 4.90 Å². The van der Waals surface area contributed by atoms with Crippen LogP contribution in [0.2, 0.25) is 5.02 Å². The van der Waals surface area contributed by atoms with Crippen molar-refractivity contribution in [3.8, 4) is 0 Å². The quantitative estimate of drug-likeness (QED) is 0.762. The lowest BCUT2D eigenvalue weighted by molar-refractivity contribution is 0.112. The first-order valence-electron chi connectivity index (χ1n) is 6.74. The Labute approximate surface area is 114 Å². The molecule has 1 saturated heterocycles. The van der Waals surface area contributed by atoms with E-state index in [1.165, 1.54) is 25.7 Å². The van der Waals surface area contributed by atoms with Gasteiger partial charge in [0.1, 0.15) is 0 Å². The molecule has 0 atom stereocenters. The number of benzene rings is 1. The highest BCUT2D eigenvalue weighted by atomic mass is 35.5. The average Bonchev–Trinajstić information content (AvgIpc) is 2.40. The van der Waals surface area contributed by atoms with Crippen molar-refractivity contribution in [1.29, 1.82) is 0 Å². The summed E-state index contributed by atoms with van der Waals surface area (Å²) >= 11 is 5.92. The first-order chi connectivity index (χ1) is 8.74. The maximum Gasteiger partial charge on any atom is 0.152 e. The highest BCUT2D eigenvalue weighted by Crippen LogP contribution is 2.29. The zero-order chi connectivity index (χ0) is 13.0. The average molecular weight is 266 g/mol. The predicted octanol–water partition coefficient (Wildman–Crippen LogP) is 4.17. The molecular formula is C15H20ClNO. The molecule has 1 fully saturated rings. The Morgan fingerprint density at radius 2 is 2.11 bits per heavy atom. The Bertz CT molecular complexity index is 411. The lowest BCUT2D eigenvalue weighted by Crippen LogP contribution is -2.34. The Kier molecular flexibility index (Phi) is 4.65.